The zero-order chi connectivity index (χ0) is 14.0. The van der Waals surface area contributed by atoms with E-state index < -0.39 is 0 Å². The lowest BCUT2D eigenvalue weighted by Gasteiger charge is -2.12. The van der Waals surface area contributed by atoms with Crippen molar-refractivity contribution in [2.45, 2.75) is 5.33 Å². The van der Waals surface area contributed by atoms with E-state index in [-0.39, 0.29) is 0 Å². The molecule has 0 spiro atoms. The highest BCUT2D eigenvalue weighted by Gasteiger charge is 2.10. The molecule has 0 radical (unpaired) electrons. The Morgan fingerprint density at radius 3 is 2.37 bits per heavy atom. The molecule has 2 aromatic carbocycles. The van der Waals surface area contributed by atoms with E-state index >= 15 is 0 Å². The lowest BCUT2D eigenvalue weighted by atomic mass is 10.2. The van der Waals surface area contributed by atoms with Gasteiger partial charge in [-0.15, -0.1) is 0 Å². The molecule has 0 aliphatic heterocycles. The summed E-state index contributed by atoms with van der Waals surface area (Å²) in [5, 5.41) is 2.30. The molecule has 0 amide bonds. The van der Waals surface area contributed by atoms with Gasteiger partial charge in [-0.1, -0.05) is 50.7 Å². The fourth-order valence-electron chi connectivity index (χ4n) is 1.45. The molecule has 100 valence electrons. The predicted molar refractivity (Wildman–Crippen MR) is 88.3 cm³/mol. The van der Waals surface area contributed by atoms with E-state index in [4.69, 9.17) is 39.5 Å². The normalized spacial score (nSPS) is 10.6. The Morgan fingerprint density at radius 1 is 0.947 bits per heavy atom. The fraction of sp³-hybridized carbons (Fsp3) is 0.0769. The van der Waals surface area contributed by atoms with Crippen LogP contribution in [0.1, 0.15) is 5.56 Å². The summed E-state index contributed by atoms with van der Waals surface area (Å²) < 4.78 is 6.52. The van der Waals surface area contributed by atoms with E-state index in [0.29, 0.717) is 31.9 Å². The molecule has 0 heterocycles. The molecule has 0 unspecified atom stereocenters. The van der Waals surface area contributed by atoms with Gasteiger partial charge in [-0.05, 0) is 40.2 Å². The lowest BCUT2D eigenvalue weighted by Crippen LogP contribution is -1.90. The molecular weight excluding hydrogens is 438 g/mol. The molecule has 0 atom stereocenters. The van der Waals surface area contributed by atoms with Gasteiger partial charge in [0.2, 0.25) is 0 Å². The molecule has 2 rings (SSSR count). The van der Waals surface area contributed by atoms with Crippen molar-refractivity contribution in [2.75, 3.05) is 0 Å². The molecule has 0 aliphatic carbocycles. The van der Waals surface area contributed by atoms with Gasteiger partial charge in [0, 0.05) is 26.5 Å². The van der Waals surface area contributed by atoms with Gasteiger partial charge >= 0.3 is 0 Å². The van der Waals surface area contributed by atoms with Crippen LogP contribution in [-0.2, 0) is 5.33 Å². The van der Waals surface area contributed by atoms with E-state index in [9.17, 15) is 0 Å². The molecule has 0 bridgehead atoms. The fourth-order valence-corrected chi connectivity index (χ4v) is 2.92. The first kappa shape index (κ1) is 15.5. The summed E-state index contributed by atoms with van der Waals surface area (Å²) in [6, 6.07) is 8.76. The molecule has 0 N–H and O–H groups in total. The van der Waals surface area contributed by atoms with Gasteiger partial charge < -0.3 is 4.74 Å². The molecule has 2 aromatic rings. The number of rotatable bonds is 3. The Bertz CT molecular complexity index is 617. The molecule has 6 heteroatoms. The maximum atomic E-state index is 6.13. The van der Waals surface area contributed by atoms with Gasteiger partial charge in [-0.25, -0.2) is 0 Å². The average molecular weight is 445 g/mol. The van der Waals surface area contributed by atoms with Crippen molar-refractivity contribution >= 4 is 66.7 Å². The van der Waals surface area contributed by atoms with Crippen molar-refractivity contribution in [1.29, 1.82) is 0 Å². The number of hydrogen-bond donors (Lipinski definition) is 0. The van der Waals surface area contributed by atoms with E-state index in [0.717, 1.165) is 10.0 Å². The number of benzene rings is 2. The van der Waals surface area contributed by atoms with Gasteiger partial charge in [0.1, 0.15) is 11.5 Å². The van der Waals surface area contributed by atoms with Gasteiger partial charge in [0.15, 0.2) is 0 Å². The first-order chi connectivity index (χ1) is 9.01. The van der Waals surface area contributed by atoms with Crippen LogP contribution in [0.2, 0.25) is 15.1 Å². The molecule has 0 saturated heterocycles. The Morgan fingerprint density at radius 2 is 1.68 bits per heavy atom. The van der Waals surface area contributed by atoms with Gasteiger partial charge in [0.25, 0.3) is 0 Å². The van der Waals surface area contributed by atoms with Crippen LogP contribution >= 0.6 is 66.7 Å². The minimum absolute atomic E-state index is 0.478. The van der Waals surface area contributed by atoms with Crippen LogP contribution in [0.15, 0.2) is 34.8 Å². The maximum absolute atomic E-state index is 6.13. The topological polar surface area (TPSA) is 9.23 Å². The van der Waals surface area contributed by atoms with Crippen LogP contribution in [0.25, 0.3) is 0 Å². The summed E-state index contributed by atoms with van der Waals surface area (Å²) in [4.78, 5) is 0. The highest BCUT2D eigenvalue weighted by molar-refractivity contribution is 9.10. The highest BCUT2D eigenvalue weighted by atomic mass is 79.9. The van der Waals surface area contributed by atoms with Crippen molar-refractivity contribution in [1.82, 2.24) is 0 Å². The summed E-state index contributed by atoms with van der Waals surface area (Å²) in [5.41, 5.74) is 0.933. The summed E-state index contributed by atoms with van der Waals surface area (Å²) in [6.45, 7) is 0. The summed E-state index contributed by atoms with van der Waals surface area (Å²) in [7, 11) is 0. The summed E-state index contributed by atoms with van der Waals surface area (Å²) in [5.74, 6) is 1.18. The van der Waals surface area contributed by atoms with Crippen LogP contribution in [0.5, 0.6) is 11.5 Å². The van der Waals surface area contributed by atoms with Crippen LogP contribution in [0.3, 0.4) is 0 Å². The number of hydrogen-bond acceptors (Lipinski definition) is 1. The highest BCUT2D eigenvalue weighted by Crippen LogP contribution is 2.38. The van der Waals surface area contributed by atoms with Crippen molar-refractivity contribution in [3.05, 3.63) is 55.4 Å². The second-order valence-corrected chi connectivity index (χ2v) is 6.35. The van der Waals surface area contributed by atoms with E-state index in [2.05, 4.69) is 31.9 Å². The van der Waals surface area contributed by atoms with Crippen molar-refractivity contribution in [2.24, 2.45) is 0 Å². The van der Waals surface area contributed by atoms with Gasteiger partial charge in [0.05, 0.1) is 10.0 Å². The zero-order valence-electron chi connectivity index (χ0n) is 9.39. The second kappa shape index (κ2) is 6.68. The Balaban J connectivity index is 2.39. The first-order valence-corrected chi connectivity index (χ1v) is 8.23. The molecular formula is C13H7Br2Cl3O. The SMILES string of the molecule is Clc1ccc(Oc2cc(Cl)c(Br)cc2Cl)c(CBr)c1. The van der Waals surface area contributed by atoms with Crippen molar-refractivity contribution in [3.8, 4) is 11.5 Å². The van der Waals surface area contributed by atoms with Gasteiger partial charge in [-0.3, -0.25) is 0 Å². The molecule has 0 aliphatic rings. The van der Waals surface area contributed by atoms with Crippen LogP contribution in [0.4, 0.5) is 0 Å². The van der Waals surface area contributed by atoms with Crippen LogP contribution < -0.4 is 4.74 Å². The van der Waals surface area contributed by atoms with E-state index in [1.807, 2.05) is 6.07 Å². The molecule has 1 nitrogen and oxygen atoms in total. The average Bonchev–Trinajstić information content (AvgIpc) is 2.37. The predicted octanol–water partition coefficient (Wildman–Crippen LogP) is 7.10. The minimum Gasteiger partial charge on any atom is -0.455 e. The summed E-state index contributed by atoms with van der Waals surface area (Å²) in [6.07, 6.45) is 0. The maximum Gasteiger partial charge on any atom is 0.147 e. The van der Waals surface area contributed by atoms with Crippen LogP contribution in [0, 0.1) is 0 Å². The quantitative estimate of drug-likeness (QED) is 0.362. The number of ether oxygens (including phenoxy) is 1. The third-order valence-electron chi connectivity index (χ3n) is 2.36. The Hall–Kier alpha value is 0.0700. The third-order valence-corrected chi connectivity index (χ3v) is 4.69. The third kappa shape index (κ3) is 3.79. The lowest BCUT2D eigenvalue weighted by molar-refractivity contribution is 0.479. The molecule has 0 saturated carbocycles. The summed E-state index contributed by atoms with van der Waals surface area (Å²) >= 11 is 24.8. The minimum atomic E-state index is 0.478. The standard InChI is InChI=1S/C13H7Br2Cl3O/c14-6-7-3-8(16)1-2-12(7)19-13-5-10(17)9(15)4-11(13)18/h1-5H,6H2. The largest absolute Gasteiger partial charge is 0.455 e. The Kier molecular flexibility index (Phi) is 5.44. The van der Waals surface area contributed by atoms with Crippen molar-refractivity contribution < 1.29 is 4.74 Å². The zero-order valence-corrected chi connectivity index (χ0v) is 14.8. The van der Waals surface area contributed by atoms with E-state index in [1.54, 1.807) is 24.3 Å². The number of alkyl halides is 1. The van der Waals surface area contributed by atoms with Gasteiger partial charge in [-0.2, -0.15) is 0 Å². The molecule has 19 heavy (non-hydrogen) atoms. The smallest absolute Gasteiger partial charge is 0.147 e. The monoisotopic (exact) mass is 442 g/mol. The Labute approximate surface area is 143 Å². The number of halogens is 5. The van der Waals surface area contributed by atoms with Crippen molar-refractivity contribution in [3.63, 3.8) is 0 Å². The van der Waals surface area contributed by atoms with E-state index in [1.165, 1.54) is 0 Å². The first-order valence-electron chi connectivity index (χ1n) is 5.18. The van der Waals surface area contributed by atoms with Crippen LogP contribution in [-0.4, -0.2) is 0 Å². The second-order valence-electron chi connectivity index (χ2n) is 3.68. The molecule has 0 aromatic heterocycles. The molecule has 0 fully saturated rings.